The van der Waals surface area contributed by atoms with Crippen molar-refractivity contribution in [1.29, 1.82) is 0 Å². The Kier molecular flexibility index (Phi) is 3.37. The molecule has 0 atom stereocenters. The molecule has 0 amide bonds. The van der Waals surface area contributed by atoms with Crippen LogP contribution in [-0.2, 0) is 0 Å². The Morgan fingerprint density at radius 2 is 1.88 bits per heavy atom. The zero-order valence-electron chi connectivity index (χ0n) is 8.39. The van der Waals surface area contributed by atoms with E-state index in [-0.39, 0.29) is 0 Å². The molecule has 2 rings (SSSR count). The second kappa shape index (κ2) is 4.94. The molecule has 0 aliphatic heterocycles. The molecule has 0 aliphatic carbocycles. The van der Waals surface area contributed by atoms with Gasteiger partial charge in [-0.2, -0.15) is 0 Å². The Balaban J connectivity index is 2.27. The van der Waals surface area contributed by atoms with Gasteiger partial charge >= 0.3 is 0 Å². The van der Waals surface area contributed by atoms with E-state index < -0.39 is 0 Å². The zero-order valence-corrected chi connectivity index (χ0v) is 9.98. The highest BCUT2D eigenvalue weighted by Crippen LogP contribution is 2.29. The highest BCUT2D eigenvalue weighted by molar-refractivity contribution is 9.10. The Hall–Kier alpha value is -1.61. The quantitative estimate of drug-likeness (QED) is 0.791. The number of para-hydroxylation sites is 1. The van der Waals surface area contributed by atoms with E-state index in [0.717, 1.165) is 16.5 Å². The maximum absolute atomic E-state index is 10.6. The fourth-order valence-electron chi connectivity index (χ4n) is 1.31. The lowest BCUT2D eigenvalue weighted by Crippen LogP contribution is -1.86. The molecular weight excluding hydrogens is 268 g/mol. The standard InChI is InChI=1S/C13H9BrO2/c14-12-6-1-2-7-13(12)16-11-5-3-4-10(8-11)9-15/h1-9H. The molecule has 3 heteroatoms. The maximum atomic E-state index is 10.6. The molecule has 0 fully saturated rings. The third-order valence-electron chi connectivity index (χ3n) is 2.06. The molecule has 0 aliphatic rings. The van der Waals surface area contributed by atoms with E-state index in [9.17, 15) is 4.79 Å². The van der Waals surface area contributed by atoms with Crippen molar-refractivity contribution in [3.05, 3.63) is 58.6 Å². The minimum atomic E-state index is 0.601. The first-order chi connectivity index (χ1) is 7.79. The topological polar surface area (TPSA) is 26.3 Å². The summed E-state index contributed by atoms with van der Waals surface area (Å²) in [7, 11) is 0. The van der Waals surface area contributed by atoms with Gasteiger partial charge in [-0.3, -0.25) is 4.79 Å². The van der Waals surface area contributed by atoms with Crippen molar-refractivity contribution in [3.8, 4) is 11.5 Å². The van der Waals surface area contributed by atoms with Crippen LogP contribution in [0, 0.1) is 0 Å². The third kappa shape index (κ3) is 2.49. The molecule has 0 bridgehead atoms. The zero-order chi connectivity index (χ0) is 11.4. The predicted molar refractivity (Wildman–Crippen MR) is 66.0 cm³/mol. The van der Waals surface area contributed by atoms with Crippen LogP contribution in [0.5, 0.6) is 11.5 Å². The van der Waals surface area contributed by atoms with Crippen molar-refractivity contribution in [2.75, 3.05) is 0 Å². The Labute approximate surface area is 102 Å². The van der Waals surface area contributed by atoms with Crippen molar-refractivity contribution in [3.63, 3.8) is 0 Å². The molecule has 2 aromatic carbocycles. The minimum absolute atomic E-state index is 0.601. The second-order valence-corrected chi connectivity index (χ2v) is 4.08. The van der Waals surface area contributed by atoms with Crippen LogP contribution in [0.1, 0.15) is 10.4 Å². The number of halogens is 1. The average molecular weight is 277 g/mol. The van der Waals surface area contributed by atoms with Crippen LogP contribution in [0.15, 0.2) is 53.0 Å². The van der Waals surface area contributed by atoms with Gasteiger partial charge in [-0.25, -0.2) is 0 Å². The number of ether oxygens (including phenoxy) is 1. The van der Waals surface area contributed by atoms with E-state index in [1.165, 1.54) is 0 Å². The minimum Gasteiger partial charge on any atom is -0.456 e. The van der Waals surface area contributed by atoms with Crippen LogP contribution in [0.2, 0.25) is 0 Å². The van der Waals surface area contributed by atoms with Gasteiger partial charge in [0.05, 0.1) is 4.47 Å². The monoisotopic (exact) mass is 276 g/mol. The molecule has 0 N–H and O–H groups in total. The molecule has 0 saturated carbocycles. The Morgan fingerprint density at radius 3 is 2.62 bits per heavy atom. The number of aldehydes is 1. The predicted octanol–water partition coefficient (Wildman–Crippen LogP) is 4.05. The SMILES string of the molecule is O=Cc1cccc(Oc2ccccc2Br)c1. The van der Waals surface area contributed by atoms with Crippen molar-refractivity contribution in [2.24, 2.45) is 0 Å². The molecule has 0 saturated heterocycles. The van der Waals surface area contributed by atoms with Gasteiger partial charge in [0.25, 0.3) is 0 Å². The smallest absolute Gasteiger partial charge is 0.150 e. The van der Waals surface area contributed by atoms with Crippen LogP contribution in [0.4, 0.5) is 0 Å². The van der Waals surface area contributed by atoms with Crippen LogP contribution in [0.25, 0.3) is 0 Å². The first kappa shape index (κ1) is 10.9. The summed E-state index contributed by atoms with van der Waals surface area (Å²) in [5, 5.41) is 0. The Bertz CT molecular complexity index is 509. The molecule has 2 nitrogen and oxygen atoms in total. The summed E-state index contributed by atoms with van der Waals surface area (Å²) in [5.74, 6) is 1.38. The highest BCUT2D eigenvalue weighted by atomic mass is 79.9. The number of carbonyl (C=O) groups excluding carboxylic acids is 1. The van der Waals surface area contributed by atoms with Gasteiger partial charge < -0.3 is 4.74 Å². The number of benzene rings is 2. The summed E-state index contributed by atoms with van der Waals surface area (Å²) in [5.41, 5.74) is 0.601. The lowest BCUT2D eigenvalue weighted by molar-refractivity contribution is 0.112. The number of rotatable bonds is 3. The third-order valence-corrected chi connectivity index (χ3v) is 2.71. The maximum Gasteiger partial charge on any atom is 0.150 e. The second-order valence-electron chi connectivity index (χ2n) is 3.22. The normalized spacial score (nSPS) is 9.81. The largest absolute Gasteiger partial charge is 0.456 e. The van der Waals surface area contributed by atoms with E-state index in [2.05, 4.69) is 15.9 Å². The van der Waals surface area contributed by atoms with E-state index in [4.69, 9.17) is 4.74 Å². The van der Waals surface area contributed by atoms with Crippen molar-refractivity contribution in [1.82, 2.24) is 0 Å². The van der Waals surface area contributed by atoms with E-state index in [1.54, 1.807) is 18.2 Å². The van der Waals surface area contributed by atoms with Crippen molar-refractivity contribution >= 4 is 22.2 Å². The molecule has 0 unspecified atom stereocenters. The number of hydrogen-bond acceptors (Lipinski definition) is 2. The molecule has 2 aromatic rings. The summed E-state index contributed by atoms with van der Waals surface area (Å²) in [4.78, 5) is 10.6. The van der Waals surface area contributed by atoms with Gasteiger partial charge in [0.2, 0.25) is 0 Å². The summed E-state index contributed by atoms with van der Waals surface area (Å²) in [6.45, 7) is 0. The number of hydrogen-bond donors (Lipinski definition) is 0. The van der Waals surface area contributed by atoms with Gasteiger partial charge in [-0.1, -0.05) is 24.3 Å². The van der Waals surface area contributed by atoms with Crippen molar-refractivity contribution in [2.45, 2.75) is 0 Å². The highest BCUT2D eigenvalue weighted by Gasteiger charge is 2.01. The van der Waals surface area contributed by atoms with Crippen LogP contribution in [0.3, 0.4) is 0 Å². The van der Waals surface area contributed by atoms with Crippen LogP contribution in [-0.4, -0.2) is 6.29 Å². The molecule has 0 spiro atoms. The van der Waals surface area contributed by atoms with Gasteiger partial charge in [-0.05, 0) is 40.2 Å². The Morgan fingerprint density at radius 1 is 1.06 bits per heavy atom. The fraction of sp³-hybridized carbons (Fsp3) is 0. The lowest BCUT2D eigenvalue weighted by atomic mass is 10.2. The summed E-state index contributed by atoms with van der Waals surface area (Å²) in [6, 6.07) is 14.6. The lowest BCUT2D eigenvalue weighted by Gasteiger charge is -2.07. The van der Waals surface area contributed by atoms with E-state index in [1.807, 2.05) is 30.3 Å². The summed E-state index contributed by atoms with van der Waals surface area (Å²) >= 11 is 3.39. The summed E-state index contributed by atoms with van der Waals surface area (Å²) < 4.78 is 6.53. The molecule has 80 valence electrons. The molecule has 16 heavy (non-hydrogen) atoms. The average Bonchev–Trinajstić information content (AvgIpc) is 2.32. The van der Waals surface area contributed by atoms with Crippen molar-refractivity contribution < 1.29 is 9.53 Å². The molecule has 0 aromatic heterocycles. The molecule has 0 heterocycles. The van der Waals surface area contributed by atoms with Gasteiger partial charge in [0.1, 0.15) is 17.8 Å². The van der Waals surface area contributed by atoms with Crippen LogP contribution < -0.4 is 4.74 Å². The van der Waals surface area contributed by atoms with Gasteiger partial charge in [-0.15, -0.1) is 0 Å². The number of carbonyl (C=O) groups is 1. The van der Waals surface area contributed by atoms with Crippen LogP contribution >= 0.6 is 15.9 Å². The first-order valence-corrected chi connectivity index (χ1v) is 5.56. The van der Waals surface area contributed by atoms with E-state index >= 15 is 0 Å². The van der Waals surface area contributed by atoms with Gasteiger partial charge in [0.15, 0.2) is 0 Å². The summed E-state index contributed by atoms with van der Waals surface area (Å²) in [6.07, 6.45) is 0.799. The molecular formula is C13H9BrO2. The van der Waals surface area contributed by atoms with Gasteiger partial charge in [0, 0.05) is 5.56 Å². The first-order valence-electron chi connectivity index (χ1n) is 4.77. The molecule has 0 radical (unpaired) electrons. The fourth-order valence-corrected chi connectivity index (χ4v) is 1.67. The van der Waals surface area contributed by atoms with E-state index in [0.29, 0.717) is 11.3 Å².